The van der Waals surface area contributed by atoms with Crippen LogP contribution in [0.1, 0.15) is 45.4 Å². The van der Waals surface area contributed by atoms with Gasteiger partial charge in [-0.3, -0.25) is 0 Å². The Labute approximate surface area is 110 Å². The number of aromatic nitrogens is 1. The summed E-state index contributed by atoms with van der Waals surface area (Å²) in [5.74, 6) is 2.74. The molecule has 1 aromatic rings. The highest BCUT2D eigenvalue weighted by molar-refractivity contribution is 5.38. The van der Waals surface area contributed by atoms with E-state index in [9.17, 15) is 0 Å². The van der Waals surface area contributed by atoms with Gasteiger partial charge in [-0.15, -0.1) is 0 Å². The Morgan fingerprint density at radius 3 is 2.61 bits per heavy atom. The summed E-state index contributed by atoms with van der Waals surface area (Å²) in [5, 5.41) is 3.53. The number of methoxy groups -OCH3 is 1. The molecule has 1 N–H and O–H groups in total. The van der Waals surface area contributed by atoms with Crippen LogP contribution in [0, 0.1) is 5.92 Å². The zero-order valence-corrected chi connectivity index (χ0v) is 11.5. The second-order valence-corrected chi connectivity index (χ2v) is 5.23. The molecule has 1 aromatic heterocycles. The molecule has 0 spiro atoms. The maximum atomic E-state index is 5.11. The number of ether oxygens (including phenoxy) is 1. The first-order chi connectivity index (χ1) is 8.81. The molecule has 1 aliphatic rings. The van der Waals surface area contributed by atoms with E-state index < -0.39 is 0 Å². The molecule has 3 heteroatoms. The molecule has 18 heavy (non-hydrogen) atoms. The van der Waals surface area contributed by atoms with Crippen molar-refractivity contribution >= 4 is 5.82 Å². The highest BCUT2D eigenvalue weighted by Gasteiger charge is 2.20. The van der Waals surface area contributed by atoms with Crippen molar-refractivity contribution in [1.82, 2.24) is 4.98 Å². The molecule has 0 atom stereocenters. The summed E-state index contributed by atoms with van der Waals surface area (Å²) in [6.07, 6.45) is 9.77. The van der Waals surface area contributed by atoms with Crippen molar-refractivity contribution in [1.29, 1.82) is 0 Å². The maximum Gasteiger partial charge on any atom is 0.137 e. The molecular formula is C15H24N2O. The molecular weight excluding hydrogens is 224 g/mol. The first-order valence-corrected chi connectivity index (χ1v) is 7.08. The highest BCUT2D eigenvalue weighted by atomic mass is 16.5. The van der Waals surface area contributed by atoms with Crippen LogP contribution in [-0.2, 0) is 0 Å². The third-order valence-corrected chi connectivity index (χ3v) is 3.87. The van der Waals surface area contributed by atoms with E-state index in [1.54, 1.807) is 13.3 Å². The molecule has 0 radical (unpaired) electrons. The summed E-state index contributed by atoms with van der Waals surface area (Å²) in [5.41, 5.74) is 0. The summed E-state index contributed by atoms with van der Waals surface area (Å²) in [7, 11) is 1.67. The van der Waals surface area contributed by atoms with Crippen LogP contribution >= 0.6 is 0 Å². The van der Waals surface area contributed by atoms with Gasteiger partial charge in [0.25, 0.3) is 0 Å². The predicted octanol–water partition coefficient (Wildman–Crippen LogP) is 3.86. The van der Waals surface area contributed by atoms with Gasteiger partial charge in [-0.1, -0.05) is 19.8 Å². The molecule has 0 bridgehead atoms. The van der Waals surface area contributed by atoms with E-state index >= 15 is 0 Å². The standard InChI is InChI=1S/C15H24N2O/c1-3-4-12-5-7-13(8-6-12)17-15-10-9-14(18-2)11-16-15/h9-13H,3-8H2,1-2H3,(H,16,17). The average molecular weight is 248 g/mol. The van der Waals surface area contributed by atoms with Gasteiger partial charge in [0, 0.05) is 6.04 Å². The fourth-order valence-electron chi connectivity index (χ4n) is 2.80. The summed E-state index contributed by atoms with van der Waals surface area (Å²) < 4.78 is 5.11. The lowest BCUT2D eigenvalue weighted by atomic mass is 9.83. The van der Waals surface area contributed by atoms with E-state index in [0.29, 0.717) is 6.04 Å². The van der Waals surface area contributed by atoms with Crippen molar-refractivity contribution in [3.63, 3.8) is 0 Å². The molecule has 1 saturated carbocycles. The van der Waals surface area contributed by atoms with E-state index in [1.165, 1.54) is 38.5 Å². The van der Waals surface area contributed by atoms with Gasteiger partial charge < -0.3 is 10.1 Å². The zero-order chi connectivity index (χ0) is 12.8. The predicted molar refractivity (Wildman–Crippen MR) is 75.1 cm³/mol. The second-order valence-electron chi connectivity index (χ2n) is 5.23. The molecule has 3 nitrogen and oxygen atoms in total. The molecule has 1 fully saturated rings. The van der Waals surface area contributed by atoms with E-state index in [0.717, 1.165) is 17.5 Å². The Hall–Kier alpha value is -1.25. The Kier molecular flexibility index (Phi) is 4.85. The molecule has 0 aliphatic heterocycles. The monoisotopic (exact) mass is 248 g/mol. The van der Waals surface area contributed by atoms with Crippen molar-refractivity contribution in [3.05, 3.63) is 18.3 Å². The van der Waals surface area contributed by atoms with Gasteiger partial charge in [0.05, 0.1) is 13.3 Å². The lowest BCUT2D eigenvalue weighted by Crippen LogP contribution is -2.26. The molecule has 0 unspecified atom stereocenters. The van der Waals surface area contributed by atoms with Crippen LogP contribution in [0.3, 0.4) is 0 Å². The minimum atomic E-state index is 0.596. The van der Waals surface area contributed by atoms with Crippen molar-refractivity contribution in [2.45, 2.75) is 51.5 Å². The molecule has 0 amide bonds. The first-order valence-electron chi connectivity index (χ1n) is 7.08. The first kappa shape index (κ1) is 13.2. The van der Waals surface area contributed by atoms with Gasteiger partial charge in [0.1, 0.15) is 11.6 Å². The van der Waals surface area contributed by atoms with E-state index in [2.05, 4.69) is 17.2 Å². The van der Waals surface area contributed by atoms with Crippen molar-refractivity contribution in [3.8, 4) is 5.75 Å². The number of pyridine rings is 1. The number of nitrogens with zero attached hydrogens (tertiary/aromatic N) is 1. The number of hydrogen-bond donors (Lipinski definition) is 1. The second kappa shape index (κ2) is 6.62. The van der Waals surface area contributed by atoms with E-state index in [1.807, 2.05) is 12.1 Å². The molecule has 0 saturated heterocycles. The minimum Gasteiger partial charge on any atom is -0.495 e. The smallest absolute Gasteiger partial charge is 0.137 e. The largest absolute Gasteiger partial charge is 0.495 e. The summed E-state index contributed by atoms with van der Waals surface area (Å²) in [6, 6.07) is 4.55. The third-order valence-electron chi connectivity index (χ3n) is 3.87. The van der Waals surface area contributed by atoms with Crippen LogP contribution in [0.5, 0.6) is 5.75 Å². The summed E-state index contributed by atoms with van der Waals surface area (Å²) >= 11 is 0. The lowest BCUT2D eigenvalue weighted by Gasteiger charge is -2.29. The van der Waals surface area contributed by atoms with Crippen LogP contribution in [0.2, 0.25) is 0 Å². The molecule has 2 rings (SSSR count). The minimum absolute atomic E-state index is 0.596. The van der Waals surface area contributed by atoms with Crippen molar-refractivity contribution < 1.29 is 4.74 Å². The summed E-state index contributed by atoms with van der Waals surface area (Å²) in [4.78, 5) is 4.36. The van der Waals surface area contributed by atoms with Gasteiger partial charge in [0.2, 0.25) is 0 Å². The number of hydrogen-bond acceptors (Lipinski definition) is 3. The normalized spacial score (nSPS) is 23.7. The van der Waals surface area contributed by atoms with Gasteiger partial charge >= 0.3 is 0 Å². The topological polar surface area (TPSA) is 34.1 Å². The Bertz CT molecular complexity index is 342. The fraction of sp³-hybridized carbons (Fsp3) is 0.667. The van der Waals surface area contributed by atoms with Crippen molar-refractivity contribution in [2.24, 2.45) is 5.92 Å². The molecule has 0 aromatic carbocycles. The lowest BCUT2D eigenvalue weighted by molar-refractivity contribution is 0.318. The number of anilines is 1. The van der Waals surface area contributed by atoms with Gasteiger partial charge in [0.15, 0.2) is 0 Å². The Morgan fingerprint density at radius 1 is 1.28 bits per heavy atom. The fourth-order valence-corrected chi connectivity index (χ4v) is 2.80. The van der Waals surface area contributed by atoms with E-state index in [4.69, 9.17) is 4.74 Å². The van der Waals surface area contributed by atoms with Gasteiger partial charge in [-0.05, 0) is 43.7 Å². The van der Waals surface area contributed by atoms with Crippen LogP contribution in [0.15, 0.2) is 18.3 Å². The molecule has 1 heterocycles. The van der Waals surface area contributed by atoms with Crippen LogP contribution in [0.4, 0.5) is 5.82 Å². The Morgan fingerprint density at radius 2 is 2.06 bits per heavy atom. The molecule has 1 aliphatic carbocycles. The summed E-state index contributed by atoms with van der Waals surface area (Å²) in [6.45, 7) is 2.28. The van der Waals surface area contributed by atoms with E-state index in [-0.39, 0.29) is 0 Å². The SMILES string of the molecule is CCCC1CCC(Nc2ccc(OC)cn2)CC1. The average Bonchev–Trinajstić information content (AvgIpc) is 2.42. The number of nitrogens with one attached hydrogen (secondary N) is 1. The van der Waals surface area contributed by atoms with Crippen LogP contribution < -0.4 is 10.1 Å². The van der Waals surface area contributed by atoms with Crippen molar-refractivity contribution in [2.75, 3.05) is 12.4 Å². The van der Waals surface area contributed by atoms with Crippen LogP contribution in [0.25, 0.3) is 0 Å². The maximum absolute atomic E-state index is 5.11. The third kappa shape index (κ3) is 3.62. The molecule has 100 valence electrons. The van der Waals surface area contributed by atoms with Gasteiger partial charge in [-0.2, -0.15) is 0 Å². The highest BCUT2D eigenvalue weighted by Crippen LogP contribution is 2.29. The Balaban J connectivity index is 1.80. The zero-order valence-electron chi connectivity index (χ0n) is 11.5. The van der Waals surface area contributed by atoms with Crippen LogP contribution in [-0.4, -0.2) is 18.1 Å². The van der Waals surface area contributed by atoms with Gasteiger partial charge in [-0.25, -0.2) is 4.98 Å². The number of rotatable bonds is 5. The quantitative estimate of drug-likeness (QED) is 0.859.